The molecule has 2 N–H and O–H groups in total. The second-order valence-corrected chi connectivity index (χ2v) is 4.82. The molecule has 0 saturated carbocycles. The average Bonchev–Trinajstić information content (AvgIpc) is 2.29. The summed E-state index contributed by atoms with van der Waals surface area (Å²) in [5.74, 6) is -0.867. The Bertz CT molecular complexity index is 230. The number of aliphatic carboxylic acids is 1. The lowest BCUT2D eigenvalue weighted by Gasteiger charge is -2.36. The van der Waals surface area contributed by atoms with Crippen molar-refractivity contribution < 1.29 is 15.0 Å². The van der Waals surface area contributed by atoms with Crippen LogP contribution in [-0.4, -0.2) is 46.3 Å². The number of hydrogen-bond acceptors (Lipinski definition) is 3. The first kappa shape index (κ1) is 13.5. The highest BCUT2D eigenvalue weighted by Crippen LogP contribution is 2.22. The van der Waals surface area contributed by atoms with Crippen LogP contribution in [0.3, 0.4) is 0 Å². The van der Waals surface area contributed by atoms with E-state index < -0.39 is 11.6 Å². The van der Waals surface area contributed by atoms with E-state index >= 15 is 0 Å². The maximum atomic E-state index is 10.8. The van der Waals surface area contributed by atoms with Gasteiger partial charge in [0.15, 0.2) is 0 Å². The summed E-state index contributed by atoms with van der Waals surface area (Å²) < 4.78 is 0. The number of carbonyl (C=O) groups is 1. The predicted molar refractivity (Wildman–Crippen MR) is 62.3 cm³/mol. The third kappa shape index (κ3) is 3.46. The summed E-state index contributed by atoms with van der Waals surface area (Å²) >= 11 is 0. The fourth-order valence-corrected chi connectivity index (χ4v) is 2.23. The molecule has 0 radical (unpaired) electrons. The highest BCUT2D eigenvalue weighted by Gasteiger charge is 2.30. The van der Waals surface area contributed by atoms with Gasteiger partial charge >= 0.3 is 5.97 Å². The summed E-state index contributed by atoms with van der Waals surface area (Å²) in [4.78, 5) is 13.0. The van der Waals surface area contributed by atoms with Crippen LogP contribution in [0.1, 0.15) is 39.5 Å². The van der Waals surface area contributed by atoms with Crippen LogP contribution in [0, 0.1) is 5.92 Å². The summed E-state index contributed by atoms with van der Waals surface area (Å²) in [6, 6.07) is 0. The van der Waals surface area contributed by atoms with Crippen molar-refractivity contribution in [3.8, 4) is 0 Å². The van der Waals surface area contributed by atoms with Crippen molar-refractivity contribution in [2.24, 2.45) is 5.92 Å². The molecule has 0 atom stereocenters. The zero-order valence-electron chi connectivity index (χ0n) is 10.3. The van der Waals surface area contributed by atoms with Gasteiger partial charge < -0.3 is 15.1 Å². The van der Waals surface area contributed by atoms with E-state index in [9.17, 15) is 9.90 Å². The van der Waals surface area contributed by atoms with E-state index in [1.165, 1.54) is 0 Å². The Hall–Kier alpha value is -0.610. The third-order valence-electron chi connectivity index (χ3n) is 3.77. The fraction of sp³-hybridized carbons (Fsp3) is 0.917. The monoisotopic (exact) mass is 229 g/mol. The molecule has 4 nitrogen and oxygen atoms in total. The van der Waals surface area contributed by atoms with Crippen molar-refractivity contribution in [2.75, 3.05) is 19.6 Å². The van der Waals surface area contributed by atoms with E-state index in [0.29, 0.717) is 19.4 Å². The van der Waals surface area contributed by atoms with Crippen LogP contribution in [-0.2, 0) is 4.79 Å². The Labute approximate surface area is 97.3 Å². The quantitative estimate of drug-likeness (QED) is 0.746. The molecule has 1 aliphatic heterocycles. The normalized spacial score (nSPS) is 19.9. The maximum absolute atomic E-state index is 10.8. The molecule has 1 heterocycles. The molecule has 0 aromatic heterocycles. The standard InChI is InChI=1S/C12H23NO3/c1-3-12(16,4-2)9-13-7-5-10(6-8-13)11(14)15/h10,16H,3-9H2,1-2H3,(H,14,15). The Morgan fingerprint density at radius 1 is 1.31 bits per heavy atom. The lowest BCUT2D eigenvalue weighted by Crippen LogP contribution is -2.46. The summed E-state index contributed by atoms with van der Waals surface area (Å²) in [7, 11) is 0. The molecule has 0 bridgehead atoms. The summed E-state index contributed by atoms with van der Waals surface area (Å²) in [5, 5.41) is 19.1. The van der Waals surface area contributed by atoms with Crippen molar-refractivity contribution in [2.45, 2.75) is 45.1 Å². The van der Waals surface area contributed by atoms with Gasteiger partial charge in [-0.1, -0.05) is 13.8 Å². The number of nitrogens with zero attached hydrogens (tertiary/aromatic N) is 1. The highest BCUT2D eigenvalue weighted by molar-refractivity contribution is 5.70. The molecule has 4 heteroatoms. The molecule has 1 fully saturated rings. The summed E-state index contributed by atoms with van der Waals surface area (Å²) in [6.07, 6.45) is 2.92. The first-order chi connectivity index (χ1) is 7.50. The SMILES string of the molecule is CCC(O)(CC)CN1CCC(C(=O)O)CC1. The molecular weight excluding hydrogens is 206 g/mol. The van der Waals surface area contributed by atoms with Gasteiger partial charge in [-0.25, -0.2) is 0 Å². The van der Waals surface area contributed by atoms with Gasteiger partial charge in [0.25, 0.3) is 0 Å². The number of rotatable bonds is 5. The Morgan fingerprint density at radius 2 is 1.81 bits per heavy atom. The zero-order chi connectivity index (χ0) is 12.2. The molecule has 16 heavy (non-hydrogen) atoms. The second-order valence-electron chi connectivity index (χ2n) is 4.82. The van der Waals surface area contributed by atoms with Crippen LogP contribution < -0.4 is 0 Å². The van der Waals surface area contributed by atoms with Crippen molar-refractivity contribution >= 4 is 5.97 Å². The van der Waals surface area contributed by atoms with Gasteiger partial charge in [0.05, 0.1) is 11.5 Å². The molecule has 1 aliphatic rings. The number of piperidine rings is 1. The van der Waals surface area contributed by atoms with E-state index in [1.54, 1.807) is 0 Å². The van der Waals surface area contributed by atoms with Crippen molar-refractivity contribution in [3.05, 3.63) is 0 Å². The van der Waals surface area contributed by atoms with Crippen LogP contribution in [0.25, 0.3) is 0 Å². The van der Waals surface area contributed by atoms with Crippen LogP contribution in [0.15, 0.2) is 0 Å². The van der Waals surface area contributed by atoms with E-state index in [-0.39, 0.29) is 5.92 Å². The van der Waals surface area contributed by atoms with Gasteiger partial charge in [-0.2, -0.15) is 0 Å². The summed E-state index contributed by atoms with van der Waals surface area (Å²) in [5.41, 5.74) is -0.601. The molecule has 0 amide bonds. The number of aliphatic hydroxyl groups is 1. The van der Waals surface area contributed by atoms with Gasteiger partial charge in [0, 0.05) is 6.54 Å². The van der Waals surface area contributed by atoms with Crippen molar-refractivity contribution in [3.63, 3.8) is 0 Å². The van der Waals surface area contributed by atoms with Crippen LogP contribution >= 0.6 is 0 Å². The van der Waals surface area contributed by atoms with E-state index in [4.69, 9.17) is 5.11 Å². The molecule has 1 saturated heterocycles. The molecule has 0 aromatic carbocycles. The minimum atomic E-state index is -0.680. The van der Waals surface area contributed by atoms with E-state index in [1.807, 2.05) is 13.8 Å². The third-order valence-corrected chi connectivity index (χ3v) is 3.77. The topological polar surface area (TPSA) is 60.8 Å². The lowest BCUT2D eigenvalue weighted by atomic mass is 9.93. The molecule has 0 aliphatic carbocycles. The molecule has 1 rings (SSSR count). The minimum absolute atomic E-state index is 0.187. The second kappa shape index (κ2) is 5.64. The van der Waals surface area contributed by atoms with Gasteiger partial charge in [0.1, 0.15) is 0 Å². The smallest absolute Gasteiger partial charge is 0.306 e. The van der Waals surface area contributed by atoms with Crippen molar-refractivity contribution in [1.29, 1.82) is 0 Å². The van der Waals surface area contributed by atoms with Gasteiger partial charge in [-0.3, -0.25) is 4.79 Å². The summed E-state index contributed by atoms with van der Waals surface area (Å²) in [6.45, 7) is 6.24. The number of carboxylic acid groups (broad SMARTS) is 1. The minimum Gasteiger partial charge on any atom is -0.481 e. The zero-order valence-corrected chi connectivity index (χ0v) is 10.3. The largest absolute Gasteiger partial charge is 0.481 e. The average molecular weight is 229 g/mol. The molecular formula is C12H23NO3. The first-order valence-electron chi connectivity index (χ1n) is 6.18. The molecule has 94 valence electrons. The first-order valence-corrected chi connectivity index (χ1v) is 6.18. The molecule has 0 spiro atoms. The predicted octanol–water partition coefficient (Wildman–Crippen LogP) is 1.33. The number of hydrogen-bond donors (Lipinski definition) is 2. The number of β-amino-alcohol motifs (C(OH)–C–C–N with tert-alkyl or cyclic N) is 1. The van der Waals surface area contributed by atoms with Gasteiger partial charge in [0.2, 0.25) is 0 Å². The van der Waals surface area contributed by atoms with Crippen LogP contribution in [0.5, 0.6) is 0 Å². The van der Waals surface area contributed by atoms with E-state index in [0.717, 1.165) is 25.9 Å². The Kier molecular flexibility index (Phi) is 4.74. The molecule has 0 unspecified atom stereocenters. The Morgan fingerprint density at radius 3 is 2.19 bits per heavy atom. The van der Waals surface area contributed by atoms with Crippen LogP contribution in [0.2, 0.25) is 0 Å². The maximum Gasteiger partial charge on any atom is 0.306 e. The number of likely N-dealkylation sites (tertiary alicyclic amines) is 1. The molecule has 0 aromatic rings. The Balaban J connectivity index is 2.40. The highest BCUT2D eigenvalue weighted by atomic mass is 16.4. The lowest BCUT2D eigenvalue weighted by molar-refractivity contribution is -0.143. The number of carboxylic acids is 1. The van der Waals surface area contributed by atoms with Crippen LogP contribution in [0.4, 0.5) is 0 Å². The van der Waals surface area contributed by atoms with Crippen molar-refractivity contribution in [1.82, 2.24) is 4.90 Å². The van der Waals surface area contributed by atoms with Gasteiger partial charge in [-0.15, -0.1) is 0 Å². The van der Waals surface area contributed by atoms with E-state index in [2.05, 4.69) is 4.90 Å². The fourth-order valence-electron chi connectivity index (χ4n) is 2.23. The van der Waals surface area contributed by atoms with Gasteiger partial charge in [-0.05, 0) is 38.8 Å².